The molecule has 0 radical (unpaired) electrons. The van der Waals surface area contributed by atoms with Crippen molar-refractivity contribution < 1.29 is 28.6 Å². The molecule has 3 unspecified atom stereocenters. The minimum Gasteiger partial charge on any atom is -0.452 e. The average molecular weight is 294 g/mol. The zero-order chi connectivity index (χ0) is 15.6. The summed E-state index contributed by atoms with van der Waals surface area (Å²) in [6.07, 6.45) is 0.327. The largest absolute Gasteiger partial charge is 0.513 e. The Morgan fingerprint density at radius 3 is 2.95 bits per heavy atom. The van der Waals surface area contributed by atoms with E-state index in [1.165, 1.54) is 6.92 Å². The molecule has 2 aliphatic rings. The minimum absolute atomic E-state index is 0.240. The molecule has 7 heteroatoms. The molecule has 0 spiro atoms. The molecule has 1 aliphatic carbocycles. The van der Waals surface area contributed by atoms with Gasteiger partial charge in [0.05, 0.1) is 11.5 Å². The summed E-state index contributed by atoms with van der Waals surface area (Å²) in [4.78, 5) is 32.5. The normalized spacial score (nSPS) is 30.0. The summed E-state index contributed by atoms with van der Waals surface area (Å²) in [5.41, 5.74) is -1.11. The molecule has 1 aliphatic heterocycles. The van der Waals surface area contributed by atoms with Gasteiger partial charge in [0.1, 0.15) is 6.07 Å². The third kappa shape index (κ3) is 2.89. The molecule has 1 heterocycles. The molecule has 0 aromatic carbocycles. The van der Waals surface area contributed by atoms with Gasteiger partial charge in [0.25, 0.3) is 6.61 Å². The van der Waals surface area contributed by atoms with Crippen LogP contribution in [0, 0.1) is 17.2 Å². The third-order valence-electron chi connectivity index (χ3n) is 3.62. The lowest BCUT2D eigenvalue weighted by Gasteiger charge is -2.31. The first-order chi connectivity index (χ1) is 9.88. The van der Waals surface area contributed by atoms with Crippen molar-refractivity contribution in [1.29, 1.82) is 5.26 Å². The van der Waals surface area contributed by atoms with E-state index < -0.39 is 36.2 Å². The lowest BCUT2D eigenvalue weighted by molar-refractivity contribution is -0.170. The van der Waals surface area contributed by atoms with Gasteiger partial charge >= 0.3 is 17.9 Å². The maximum absolute atomic E-state index is 11.7. The maximum atomic E-state index is 11.7. The van der Waals surface area contributed by atoms with E-state index in [9.17, 15) is 19.6 Å². The summed E-state index contributed by atoms with van der Waals surface area (Å²) in [5.74, 6) is -1.90. The highest BCUT2D eigenvalue weighted by Crippen LogP contribution is 2.43. The fourth-order valence-corrected chi connectivity index (χ4v) is 2.49. The Morgan fingerprint density at radius 2 is 2.33 bits per heavy atom. The SMILES string of the molecule is C=C(C)C(=[OH+])OCC(=O)OC1CCC2CC1(C#N)OC2=O. The zero-order valence-corrected chi connectivity index (χ0v) is 11.6. The summed E-state index contributed by atoms with van der Waals surface area (Å²) in [5, 5.41) is 9.25. The lowest BCUT2D eigenvalue weighted by atomic mass is 9.79. The second-order valence-corrected chi connectivity index (χ2v) is 5.25. The van der Waals surface area contributed by atoms with Crippen molar-refractivity contribution in [2.24, 2.45) is 5.92 Å². The molecule has 2 rings (SSSR count). The van der Waals surface area contributed by atoms with Gasteiger partial charge in [0, 0.05) is 6.42 Å². The quantitative estimate of drug-likeness (QED) is 0.325. The van der Waals surface area contributed by atoms with Gasteiger partial charge in [0.15, 0.2) is 6.10 Å². The van der Waals surface area contributed by atoms with Crippen LogP contribution in [0.2, 0.25) is 0 Å². The Morgan fingerprint density at radius 1 is 1.62 bits per heavy atom. The van der Waals surface area contributed by atoms with Crippen molar-refractivity contribution in [2.45, 2.75) is 37.9 Å². The Bertz CT molecular complexity index is 548. The fraction of sp³-hybridized carbons (Fsp3) is 0.571. The van der Waals surface area contributed by atoms with Crippen LogP contribution in [0.15, 0.2) is 12.2 Å². The highest BCUT2D eigenvalue weighted by atomic mass is 16.6. The van der Waals surface area contributed by atoms with E-state index in [1.807, 2.05) is 6.07 Å². The van der Waals surface area contributed by atoms with Crippen LogP contribution < -0.4 is 0 Å². The van der Waals surface area contributed by atoms with Crippen molar-refractivity contribution in [3.05, 3.63) is 12.2 Å². The molecule has 1 saturated carbocycles. The predicted octanol–water partition coefficient (Wildman–Crippen LogP) is 0.613. The summed E-state index contributed by atoms with van der Waals surface area (Å²) in [6, 6.07) is 1.95. The minimum atomic E-state index is -1.39. The summed E-state index contributed by atoms with van der Waals surface area (Å²) >= 11 is 0. The van der Waals surface area contributed by atoms with Crippen LogP contribution in [0.25, 0.3) is 0 Å². The van der Waals surface area contributed by atoms with Crippen molar-refractivity contribution in [1.82, 2.24) is 0 Å². The molecule has 1 saturated heterocycles. The van der Waals surface area contributed by atoms with Gasteiger partial charge in [0.2, 0.25) is 5.60 Å². The molecule has 0 aromatic heterocycles. The molecule has 2 bridgehead atoms. The van der Waals surface area contributed by atoms with Gasteiger partial charge in [-0.15, -0.1) is 0 Å². The molecule has 0 amide bonds. The number of carbonyl (C=O) groups is 2. The van der Waals surface area contributed by atoms with E-state index in [0.29, 0.717) is 12.8 Å². The number of esters is 3. The number of carbonyl (C=O) groups excluding carboxylic acids is 3. The monoisotopic (exact) mass is 294 g/mol. The number of nitriles is 1. The van der Waals surface area contributed by atoms with E-state index >= 15 is 0 Å². The van der Waals surface area contributed by atoms with Gasteiger partial charge in [-0.3, -0.25) is 4.79 Å². The number of fused-ring (bicyclic) bond motifs is 2. The number of hydrogen-bond acceptors (Lipinski definition) is 6. The first-order valence-electron chi connectivity index (χ1n) is 6.56. The Labute approximate surface area is 121 Å². The third-order valence-corrected chi connectivity index (χ3v) is 3.62. The van der Waals surface area contributed by atoms with Crippen LogP contribution in [-0.2, 0) is 23.8 Å². The molecule has 2 fully saturated rings. The van der Waals surface area contributed by atoms with E-state index in [4.69, 9.17) is 14.2 Å². The van der Waals surface area contributed by atoms with Gasteiger partial charge in [-0.05, 0) is 19.8 Å². The molecule has 21 heavy (non-hydrogen) atoms. The highest BCUT2D eigenvalue weighted by Gasteiger charge is 2.57. The van der Waals surface area contributed by atoms with E-state index in [1.54, 1.807) is 0 Å². The molecular weight excluding hydrogens is 278 g/mol. The van der Waals surface area contributed by atoms with Crippen molar-refractivity contribution in [2.75, 3.05) is 6.61 Å². The van der Waals surface area contributed by atoms with Crippen molar-refractivity contribution in [3.63, 3.8) is 0 Å². The zero-order valence-electron chi connectivity index (χ0n) is 11.6. The Balaban J connectivity index is 1.95. The summed E-state index contributed by atoms with van der Waals surface area (Å²) in [7, 11) is 0. The van der Waals surface area contributed by atoms with Crippen molar-refractivity contribution >= 4 is 17.9 Å². The first kappa shape index (κ1) is 15.0. The lowest BCUT2D eigenvalue weighted by Crippen LogP contribution is -2.46. The van der Waals surface area contributed by atoms with Crippen LogP contribution >= 0.6 is 0 Å². The number of rotatable bonds is 4. The topological polar surface area (TPSA) is 107 Å². The second kappa shape index (κ2) is 5.56. The average Bonchev–Trinajstić information content (AvgIpc) is 2.72. The maximum Gasteiger partial charge on any atom is 0.513 e. The molecule has 7 nitrogen and oxygen atoms in total. The van der Waals surface area contributed by atoms with E-state index in [-0.39, 0.29) is 17.9 Å². The van der Waals surface area contributed by atoms with Crippen LogP contribution in [0.3, 0.4) is 0 Å². The van der Waals surface area contributed by atoms with E-state index in [2.05, 4.69) is 6.58 Å². The molecule has 112 valence electrons. The van der Waals surface area contributed by atoms with Crippen LogP contribution in [0.5, 0.6) is 0 Å². The summed E-state index contributed by atoms with van der Waals surface area (Å²) < 4.78 is 15.1. The van der Waals surface area contributed by atoms with Gasteiger partial charge in [-0.2, -0.15) is 5.26 Å². The van der Waals surface area contributed by atoms with Crippen molar-refractivity contribution in [3.8, 4) is 6.07 Å². The predicted molar refractivity (Wildman–Crippen MR) is 69.4 cm³/mol. The second-order valence-electron chi connectivity index (χ2n) is 5.25. The standard InChI is InChI=1S/C14H15NO6/c1-8(2)12(17)19-6-11(16)20-10-4-3-9-5-14(10,7-15)21-13(9)18/h9-10H,1,3-6H2,2H3/p+1. The van der Waals surface area contributed by atoms with E-state index in [0.717, 1.165) is 0 Å². The van der Waals surface area contributed by atoms with Gasteiger partial charge in [-0.1, -0.05) is 6.58 Å². The highest BCUT2D eigenvalue weighted by molar-refractivity contribution is 5.89. The number of nitrogens with zero attached hydrogens (tertiary/aromatic N) is 1. The smallest absolute Gasteiger partial charge is 0.452 e. The Kier molecular flexibility index (Phi) is 3.98. The fourth-order valence-electron chi connectivity index (χ4n) is 2.49. The van der Waals surface area contributed by atoms with Crippen LogP contribution in [-0.4, -0.2) is 41.0 Å². The van der Waals surface area contributed by atoms with Crippen LogP contribution in [0.4, 0.5) is 0 Å². The van der Waals surface area contributed by atoms with Gasteiger partial charge in [-0.25, -0.2) is 4.79 Å². The Hall–Kier alpha value is -2.36. The van der Waals surface area contributed by atoms with Crippen LogP contribution in [0.1, 0.15) is 26.2 Å². The molecule has 0 aromatic rings. The van der Waals surface area contributed by atoms with Gasteiger partial charge < -0.3 is 19.0 Å². The number of hydrogen-bond donors (Lipinski definition) is 0. The summed E-state index contributed by atoms with van der Waals surface area (Å²) in [6.45, 7) is 4.46. The molecule has 3 atom stereocenters. The molecular formula is C14H16NO6+. The number of ether oxygens (including phenoxy) is 3. The first-order valence-corrected chi connectivity index (χ1v) is 6.56. The molecule has 1 N–H and O–H groups in total.